The minimum Gasteiger partial charge on any atom is -0.479 e. The van der Waals surface area contributed by atoms with Crippen LogP contribution in [0.3, 0.4) is 0 Å². The van der Waals surface area contributed by atoms with Gasteiger partial charge in [0.2, 0.25) is 0 Å². The number of nitrogens with one attached hydrogen (secondary N) is 1. The number of carbonyl (C=O) groups is 1. The van der Waals surface area contributed by atoms with Gasteiger partial charge in [0.15, 0.2) is 6.10 Å². The molecular formula is C19H17ClN2O2. The van der Waals surface area contributed by atoms with E-state index in [0.29, 0.717) is 16.5 Å². The van der Waals surface area contributed by atoms with E-state index in [2.05, 4.69) is 10.3 Å². The predicted octanol–water partition coefficient (Wildman–Crippen LogP) is 4.60. The van der Waals surface area contributed by atoms with Crippen LogP contribution in [-0.4, -0.2) is 17.0 Å². The Morgan fingerprint density at radius 2 is 1.96 bits per heavy atom. The van der Waals surface area contributed by atoms with Crippen LogP contribution in [-0.2, 0) is 4.79 Å². The maximum Gasteiger partial charge on any atom is 0.265 e. The second-order valence-corrected chi connectivity index (χ2v) is 5.92. The van der Waals surface area contributed by atoms with E-state index in [-0.39, 0.29) is 5.91 Å². The Labute approximate surface area is 145 Å². The summed E-state index contributed by atoms with van der Waals surface area (Å²) in [6.45, 7) is 3.68. The Bertz CT molecular complexity index is 895. The van der Waals surface area contributed by atoms with Crippen LogP contribution in [0.15, 0.2) is 54.7 Å². The van der Waals surface area contributed by atoms with Gasteiger partial charge in [-0.3, -0.25) is 9.78 Å². The van der Waals surface area contributed by atoms with Crippen molar-refractivity contribution in [3.63, 3.8) is 0 Å². The summed E-state index contributed by atoms with van der Waals surface area (Å²) in [6.07, 6.45) is 1.06. The molecule has 0 saturated heterocycles. The molecule has 0 aliphatic heterocycles. The molecular weight excluding hydrogens is 324 g/mol. The van der Waals surface area contributed by atoms with Crippen LogP contribution in [0.5, 0.6) is 5.75 Å². The summed E-state index contributed by atoms with van der Waals surface area (Å²) in [5, 5.41) is 4.28. The van der Waals surface area contributed by atoms with Crippen molar-refractivity contribution in [1.29, 1.82) is 0 Å². The number of aryl methyl sites for hydroxylation is 1. The summed E-state index contributed by atoms with van der Waals surface area (Å²) in [5.74, 6) is 0.237. The van der Waals surface area contributed by atoms with Crippen LogP contribution in [0.2, 0.25) is 5.02 Å². The van der Waals surface area contributed by atoms with Crippen LogP contribution in [0.25, 0.3) is 10.9 Å². The molecule has 2 aromatic carbocycles. The van der Waals surface area contributed by atoms with Crippen molar-refractivity contribution < 1.29 is 9.53 Å². The lowest BCUT2D eigenvalue weighted by Gasteiger charge is -2.16. The molecule has 0 bridgehead atoms. The van der Waals surface area contributed by atoms with Crippen molar-refractivity contribution in [2.75, 3.05) is 5.32 Å². The number of fused-ring (bicyclic) bond motifs is 1. The van der Waals surface area contributed by atoms with Gasteiger partial charge in [-0.15, -0.1) is 0 Å². The summed E-state index contributed by atoms with van der Waals surface area (Å²) >= 11 is 6.06. The fourth-order valence-corrected chi connectivity index (χ4v) is 2.62. The molecule has 0 unspecified atom stereocenters. The molecule has 122 valence electrons. The number of hydrogen-bond acceptors (Lipinski definition) is 3. The number of pyridine rings is 1. The van der Waals surface area contributed by atoms with E-state index < -0.39 is 6.10 Å². The van der Waals surface area contributed by atoms with Gasteiger partial charge in [-0.05, 0) is 49.7 Å². The fraction of sp³-hybridized carbons (Fsp3) is 0.158. The van der Waals surface area contributed by atoms with Crippen molar-refractivity contribution in [3.8, 4) is 5.75 Å². The second kappa shape index (κ2) is 6.89. The number of halogens is 1. The van der Waals surface area contributed by atoms with Crippen molar-refractivity contribution in [2.24, 2.45) is 0 Å². The topological polar surface area (TPSA) is 51.2 Å². The molecule has 0 spiro atoms. The van der Waals surface area contributed by atoms with Crippen molar-refractivity contribution in [3.05, 3.63) is 65.3 Å². The summed E-state index contributed by atoms with van der Waals surface area (Å²) in [4.78, 5) is 16.8. The number of amides is 1. The van der Waals surface area contributed by atoms with E-state index in [9.17, 15) is 4.79 Å². The lowest BCUT2D eigenvalue weighted by molar-refractivity contribution is -0.122. The summed E-state index contributed by atoms with van der Waals surface area (Å²) < 4.78 is 5.66. The monoisotopic (exact) mass is 340 g/mol. The van der Waals surface area contributed by atoms with Crippen molar-refractivity contribution in [1.82, 2.24) is 4.98 Å². The molecule has 0 aliphatic rings. The zero-order valence-electron chi connectivity index (χ0n) is 13.4. The zero-order valence-corrected chi connectivity index (χ0v) is 14.2. The Morgan fingerprint density at radius 1 is 1.17 bits per heavy atom. The summed E-state index contributed by atoms with van der Waals surface area (Å²) in [7, 11) is 0. The van der Waals surface area contributed by atoms with E-state index >= 15 is 0 Å². The largest absolute Gasteiger partial charge is 0.479 e. The van der Waals surface area contributed by atoms with Crippen LogP contribution in [0.4, 0.5) is 5.69 Å². The average Bonchev–Trinajstić information content (AvgIpc) is 2.59. The highest BCUT2D eigenvalue weighted by Crippen LogP contribution is 2.26. The number of para-hydroxylation sites is 1. The zero-order chi connectivity index (χ0) is 17.1. The van der Waals surface area contributed by atoms with Gasteiger partial charge in [-0.2, -0.15) is 0 Å². The van der Waals surface area contributed by atoms with Gasteiger partial charge >= 0.3 is 0 Å². The molecule has 3 rings (SSSR count). The van der Waals surface area contributed by atoms with Gasteiger partial charge in [0, 0.05) is 11.6 Å². The molecule has 1 amide bonds. The van der Waals surface area contributed by atoms with E-state index in [1.54, 1.807) is 25.3 Å². The Kier molecular flexibility index (Phi) is 4.67. The van der Waals surface area contributed by atoms with Gasteiger partial charge in [-0.1, -0.05) is 29.8 Å². The fourth-order valence-electron chi connectivity index (χ4n) is 2.44. The maximum absolute atomic E-state index is 12.5. The smallest absolute Gasteiger partial charge is 0.265 e. The van der Waals surface area contributed by atoms with Crippen LogP contribution in [0, 0.1) is 6.92 Å². The molecule has 1 atom stereocenters. The lowest BCUT2D eigenvalue weighted by Crippen LogP contribution is -2.30. The average molecular weight is 341 g/mol. The van der Waals surface area contributed by atoms with Gasteiger partial charge in [0.25, 0.3) is 5.91 Å². The minimum atomic E-state index is -0.682. The first kappa shape index (κ1) is 16.3. The first-order chi connectivity index (χ1) is 11.6. The molecule has 1 aromatic heterocycles. The highest BCUT2D eigenvalue weighted by molar-refractivity contribution is 6.32. The van der Waals surface area contributed by atoms with E-state index in [0.717, 1.165) is 16.5 Å². The molecule has 0 saturated carbocycles. The van der Waals surface area contributed by atoms with Crippen molar-refractivity contribution in [2.45, 2.75) is 20.0 Å². The summed E-state index contributed by atoms with van der Waals surface area (Å²) in [6, 6.07) is 14.7. The molecule has 0 aliphatic carbocycles. The SMILES string of the molecule is Cc1ccc(NC(=O)[C@H](C)Oc2ccccc2Cl)c2cccnc12. The van der Waals surface area contributed by atoms with E-state index in [1.807, 2.05) is 43.3 Å². The third-order valence-corrected chi connectivity index (χ3v) is 4.05. The third-order valence-electron chi connectivity index (χ3n) is 3.74. The molecule has 24 heavy (non-hydrogen) atoms. The van der Waals surface area contributed by atoms with Gasteiger partial charge < -0.3 is 10.1 Å². The lowest BCUT2D eigenvalue weighted by atomic mass is 10.1. The first-order valence-corrected chi connectivity index (χ1v) is 8.00. The molecule has 0 fully saturated rings. The number of anilines is 1. The molecule has 1 N–H and O–H groups in total. The van der Waals surface area contributed by atoms with Crippen molar-refractivity contribution >= 4 is 34.1 Å². The van der Waals surface area contributed by atoms with Gasteiger partial charge in [0.05, 0.1) is 16.2 Å². The Morgan fingerprint density at radius 3 is 2.75 bits per heavy atom. The maximum atomic E-state index is 12.5. The third kappa shape index (κ3) is 3.34. The molecule has 0 radical (unpaired) electrons. The predicted molar refractivity (Wildman–Crippen MR) is 96.7 cm³/mol. The minimum absolute atomic E-state index is 0.246. The number of hydrogen-bond donors (Lipinski definition) is 1. The summed E-state index contributed by atoms with van der Waals surface area (Å²) in [5.41, 5.74) is 2.64. The molecule has 1 heterocycles. The number of aromatic nitrogens is 1. The number of nitrogens with zero attached hydrogens (tertiary/aromatic N) is 1. The molecule has 3 aromatic rings. The number of benzene rings is 2. The quantitative estimate of drug-likeness (QED) is 0.755. The number of rotatable bonds is 4. The number of ether oxygens (including phenoxy) is 1. The van der Waals surface area contributed by atoms with E-state index in [4.69, 9.17) is 16.3 Å². The van der Waals surface area contributed by atoms with Crippen LogP contribution >= 0.6 is 11.6 Å². The number of carbonyl (C=O) groups excluding carboxylic acids is 1. The van der Waals surface area contributed by atoms with Crippen LogP contribution in [0.1, 0.15) is 12.5 Å². The highest BCUT2D eigenvalue weighted by atomic mass is 35.5. The Hall–Kier alpha value is -2.59. The molecule has 4 nitrogen and oxygen atoms in total. The normalized spacial score (nSPS) is 12.0. The molecule has 5 heteroatoms. The van der Waals surface area contributed by atoms with Gasteiger partial charge in [-0.25, -0.2) is 0 Å². The first-order valence-electron chi connectivity index (χ1n) is 7.62. The Balaban J connectivity index is 1.80. The van der Waals surface area contributed by atoms with Crippen LogP contribution < -0.4 is 10.1 Å². The highest BCUT2D eigenvalue weighted by Gasteiger charge is 2.17. The second-order valence-electron chi connectivity index (χ2n) is 5.51. The standard InChI is InChI=1S/C19H17ClN2O2/c1-12-9-10-16(14-6-5-11-21-18(12)14)22-19(23)13(2)24-17-8-4-3-7-15(17)20/h3-11,13H,1-2H3,(H,22,23)/t13-/m0/s1. The van der Waals surface area contributed by atoms with Gasteiger partial charge in [0.1, 0.15) is 5.75 Å². The van der Waals surface area contributed by atoms with E-state index in [1.165, 1.54) is 0 Å².